The molecule has 78 valence electrons. The molecule has 2 unspecified atom stereocenters. The van der Waals surface area contributed by atoms with E-state index >= 15 is 0 Å². The molecule has 5 nitrogen and oxygen atoms in total. The van der Waals surface area contributed by atoms with Crippen molar-refractivity contribution in [1.82, 2.24) is 9.97 Å². The first-order chi connectivity index (χ1) is 6.63. The predicted octanol–water partition coefficient (Wildman–Crippen LogP) is 0.633. The van der Waals surface area contributed by atoms with Crippen LogP contribution in [0, 0.1) is 0 Å². The zero-order chi connectivity index (χ0) is 10.6. The molecule has 1 rings (SSSR count). The van der Waals surface area contributed by atoms with Crippen LogP contribution in [0.2, 0.25) is 0 Å². The second kappa shape index (κ2) is 4.76. The van der Waals surface area contributed by atoms with E-state index in [1.54, 1.807) is 19.4 Å². The van der Waals surface area contributed by atoms with Gasteiger partial charge in [-0.3, -0.25) is 0 Å². The fourth-order valence-corrected chi connectivity index (χ4v) is 0.860. The summed E-state index contributed by atoms with van der Waals surface area (Å²) in [5, 5.41) is 3.09. The molecule has 2 atom stereocenters. The van der Waals surface area contributed by atoms with E-state index in [1.807, 2.05) is 13.8 Å². The van der Waals surface area contributed by atoms with E-state index in [0.717, 1.165) is 0 Å². The largest absolute Gasteiger partial charge is 0.481 e. The van der Waals surface area contributed by atoms with Crippen LogP contribution in [0.15, 0.2) is 12.3 Å². The molecule has 0 fully saturated rings. The Morgan fingerprint density at radius 1 is 1.50 bits per heavy atom. The lowest BCUT2D eigenvalue weighted by Crippen LogP contribution is -2.35. The molecule has 0 saturated heterocycles. The molecule has 1 aromatic rings. The van der Waals surface area contributed by atoms with Crippen molar-refractivity contribution in [3.05, 3.63) is 12.3 Å². The average molecular weight is 196 g/mol. The average Bonchev–Trinajstić information content (AvgIpc) is 2.18. The molecule has 0 spiro atoms. The summed E-state index contributed by atoms with van der Waals surface area (Å²) in [6.45, 7) is 3.91. The Morgan fingerprint density at radius 2 is 2.21 bits per heavy atom. The highest BCUT2D eigenvalue weighted by atomic mass is 16.5. The van der Waals surface area contributed by atoms with Gasteiger partial charge in [0.15, 0.2) is 0 Å². The number of methoxy groups -OCH3 is 1. The van der Waals surface area contributed by atoms with Crippen LogP contribution < -0.4 is 15.8 Å². The normalized spacial score (nSPS) is 14.6. The van der Waals surface area contributed by atoms with Crippen molar-refractivity contribution in [2.75, 3.05) is 12.4 Å². The first-order valence-electron chi connectivity index (χ1n) is 4.52. The topological polar surface area (TPSA) is 73.1 Å². The number of aromatic nitrogens is 2. The van der Waals surface area contributed by atoms with Crippen molar-refractivity contribution < 1.29 is 4.74 Å². The van der Waals surface area contributed by atoms with Gasteiger partial charge in [-0.25, -0.2) is 4.98 Å². The minimum absolute atomic E-state index is 0.0461. The molecule has 0 aliphatic carbocycles. The lowest BCUT2D eigenvalue weighted by molar-refractivity contribution is 0.397. The molecule has 0 aromatic carbocycles. The zero-order valence-electron chi connectivity index (χ0n) is 8.69. The van der Waals surface area contributed by atoms with Crippen molar-refractivity contribution in [3.63, 3.8) is 0 Å². The SMILES string of the molecule is COc1ccnc(NC(C)C(C)N)n1. The van der Waals surface area contributed by atoms with Gasteiger partial charge in [0.05, 0.1) is 7.11 Å². The summed E-state index contributed by atoms with van der Waals surface area (Å²) in [4.78, 5) is 8.17. The first-order valence-corrected chi connectivity index (χ1v) is 4.52. The maximum atomic E-state index is 5.71. The highest BCUT2D eigenvalue weighted by Gasteiger charge is 2.08. The molecular formula is C9H16N4O. The third-order valence-corrected chi connectivity index (χ3v) is 1.98. The molecule has 14 heavy (non-hydrogen) atoms. The van der Waals surface area contributed by atoms with Crippen molar-refractivity contribution in [1.29, 1.82) is 0 Å². The molecule has 1 aromatic heterocycles. The quantitative estimate of drug-likeness (QED) is 0.739. The molecule has 5 heteroatoms. The summed E-state index contributed by atoms with van der Waals surface area (Å²) in [7, 11) is 1.57. The minimum Gasteiger partial charge on any atom is -0.481 e. The highest BCUT2D eigenvalue weighted by molar-refractivity contribution is 5.28. The van der Waals surface area contributed by atoms with Gasteiger partial charge in [0.2, 0.25) is 11.8 Å². The van der Waals surface area contributed by atoms with Crippen molar-refractivity contribution in [2.24, 2.45) is 5.73 Å². The molecule has 0 aliphatic rings. The van der Waals surface area contributed by atoms with Crippen molar-refractivity contribution >= 4 is 5.95 Å². The van der Waals surface area contributed by atoms with Gasteiger partial charge in [-0.2, -0.15) is 4.98 Å². The number of anilines is 1. The van der Waals surface area contributed by atoms with Gasteiger partial charge < -0.3 is 15.8 Å². The van der Waals surface area contributed by atoms with E-state index in [2.05, 4.69) is 15.3 Å². The van der Waals surface area contributed by atoms with E-state index in [0.29, 0.717) is 11.8 Å². The monoisotopic (exact) mass is 196 g/mol. The van der Waals surface area contributed by atoms with Crippen LogP contribution in [0.25, 0.3) is 0 Å². The lowest BCUT2D eigenvalue weighted by Gasteiger charge is -2.17. The third-order valence-electron chi connectivity index (χ3n) is 1.98. The Morgan fingerprint density at radius 3 is 2.79 bits per heavy atom. The highest BCUT2D eigenvalue weighted by Crippen LogP contribution is 2.08. The number of nitrogens with one attached hydrogen (secondary N) is 1. The first kappa shape index (κ1) is 10.7. The summed E-state index contributed by atoms with van der Waals surface area (Å²) in [5.74, 6) is 1.08. The molecule has 0 bridgehead atoms. The van der Waals surface area contributed by atoms with E-state index in [9.17, 15) is 0 Å². The van der Waals surface area contributed by atoms with E-state index in [4.69, 9.17) is 10.5 Å². The summed E-state index contributed by atoms with van der Waals surface area (Å²) in [6, 6.07) is 1.87. The van der Waals surface area contributed by atoms with Crippen molar-refractivity contribution in [3.8, 4) is 5.88 Å². The molecule has 0 amide bonds. The number of nitrogens with zero attached hydrogens (tertiary/aromatic N) is 2. The minimum atomic E-state index is 0.0461. The summed E-state index contributed by atoms with van der Waals surface area (Å²) < 4.78 is 4.97. The van der Waals surface area contributed by atoms with E-state index in [-0.39, 0.29) is 12.1 Å². The summed E-state index contributed by atoms with van der Waals surface area (Å²) in [6.07, 6.45) is 1.64. The van der Waals surface area contributed by atoms with E-state index < -0.39 is 0 Å². The second-order valence-electron chi connectivity index (χ2n) is 3.21. The Balaban J connectivity index is 2.66. The standard InChI is InChI=1S/C9H16N4O/c1-6(10)7(2)12-9-11-5-4-8(13-9)14-3/h4-7H,10H2,1-3H3,(H,11,12,13). The van der Waals surface area contributed by atoms with Gasteiger partial charge >= 0.3 is 0 Å². The van der Waals surface area contributed by atoms with E-state index in [1.165, 1.54) is 0 Å². The second-order valence-corrected chi connectivity index (χ2v) is 3.21. The van der Waals surface area contributed by atoms with Crippen LogP contribution in [-0.4, -0.2) is 29.2 Å². The van der Waals surface area contributed by atoms with Gasteiger partial charge in [0.25, 0.3) is 0 Å². The van der Waals surface area contributed by atoms with Crippen LogP contribution in [0.3, 0.4) is 0 Å². The number of hydrogen-bond donors (Lipinski definition) is 2. The number of ether oxygens (including phenoxy) is 1. The van der Waals surface area contributed by atoms with Crippen LogP contribution in [0.5, 0.6) is 5.88 Å². The molecular weight excluding hydrogens is 180 g/mol. The predicted molar refractivity (Wildman–Crippen MR) is 55.3 cm³/mol. The number of nitrogens with two attached hydrogens (primary N) is 1. The smallest absolute Gasteiger partial charge is 0.226 e. The fraction of sp³-hybridized carbons (Fsp3) is 0.556. The van der Waals surface area contributed by atoms with Crippen LogP contribution in [-0.2, 0) is 0 Å². The summed E-state index contributed by atoms with van der Waals surface area (Å²) in [5.41, 5.74) is 5.71. The van der Waals surface area contributed by atoms with Crippen LogP contribution in [0.4, 0.5) is 5.95 Å². The Kier molecular flexibility index (Phi) is 3.64. The summed E-state index contributed by atoms with van der Waals surface area (Å²) >= 11 is 0. The van der Waals surface area contributed by atoms with Gasteiger partial charge in [-0.1, -0.05) is 0 Å². The molecule has 0 aliphatic heterocycles. The molecule has 0 radical (unpaired) electrons. The molecule has 1 heterocycles. The number of hydrogen-bond acceptors (Lipinski definition) is 5. The maximum absolute atomic E-state index is 5.71. The van der Waals surface area contributed by atoms with Gasteiger partial charge in [0.1, 0.15) is 0 Å². The van der Waals surface area contributed by atoms with Gasteiger partial charge in [-0.05, 0) is 13.8 Å². The fourth-order valence-electron chi connectivity index (χ4n) is 0.860. The third kappa shape index (κ3) is 2.85. The van der Waals surface area contributed by atoms with Gasteiger partial charge in [-0.15, -0.1) is 0 Å². The van der Waals surface area contributed by atoms with Crippen LogP contribution >= 0.6 is 0 Å². The van der Waals surface area contributed by atoms with Crippen molar-refractivity contribution in [2.45, 2.75) is 25.9 Å². The molecule has 0 saturated carbocycles. The van der Waals surface area contributed by atoms with Gasteiger partial charge in [0, 0.05) is 24.3 Å². The Labute approximate surface area is 83.7 Å². The Hall–Kier alpha value is -1.36. The Bertz CT molecular complexity index is 290. The number of rotatable bonds is 4. The molecule has 3 N–H and O–H groups in total. The zero-order valence-corrected chi connectivity index (χ0v) is 8.69. The van der Waals surface area contributed by atoms with Crippen LogP contribution in [0.1, 0.15) is 13.8 Å². The maximum Gasteiger partial charge on any atom is 0.226 e. The lowest BCUT2D eigenvalue weighted by atomic mass is 10.2.